The summed E-state index contributed by atoms with van der Waals surface area (Å²) in [5.74, 6) is -0.892. The second kappa shape index (κ2) is 8.97. The van der Waals surface area contributed by atoms with Crippen molar-refractivity contribution in [2.24, 2.45) is 0 Å². The van der Waals surface area contributed by atoms with E-state index in [1.165, 1.54) is 12.1 Å². The summed E-state index contributed by atoms with van der Waals surface area (Å²) in [6, 6.07) is 9.43. The summed E-state index contributed by atoms with van der Waals surface area (Å²) in [7, 11) is 0. The van der Waals surface area contributed by atoms with E-state index >= 15 is 0 Å². The molecule has 0 unspecified atom stereocenters. The van der Waals surface area contributed by atoms with E-state index in [1.54, 1.807) is 24.3 Å². The first-order valence-electron chi connectivity index (χ1n) is 8.78. The van der Waals surface area contributed by atoms with Gasteiger partial charge in [-0.2, -0.15) is 0 Å². The van der Waals surface area contributed by atoms with Gasteiger partial charge in [-0.15, -0.1) is 22.7 Å². The second-order valence-corrected chi connectivity index (χ2v) is 10.5. The predicted molar refractivity (Wildman–Crippen MR) is 137 cm³/mol. The molecule has 4 aromatic rings. The molecule has 0 atom stereocenters. The minimum Gasteiger partial charge on any atom is -0.397 e. The Morgan fingerprint density at radius 3 is 1.47 bits per heavy atom. The van der Waals surface area contributed by atoms with Crippen LogP contribution in [0.15, 0.2) is 36.4 Å². The SMILES string of the molecule is Nc1c(C(=O)Nc2ccc(Cl)cc2Cl)sc2sc(C(=O)Nc3ccc(Cl)cc3Cl)c(N)c12. The van der Waals surface area contributed by atoms with E-state index in [2.05, 4.69) is 10.6 Å². The number of thiophene rings is 2. The molecule has 2 amide bonds. The lowest BCUT2D eigenvalue weighted by Crippen LogP contribution is -2.13. The van der Waals surface area contributed by atoms with Crippen molar-refractivity contribution >= 4 is 113 Å². The molecule has 2 heterocycles. The fourth-order valence-electron chi connectivity index (χ4n) is 2.89. The van der Waals surface area contributed by atoms with Crippen LogP contribution in [-0.4, -0.2) is 11.8 Å². The van der Waals surface area contributed by atoms with Crippen molar-refractivity contribution in [2.75, 3.05) is 22.1 Å². The minimum atomic E-state index is -0.446. The number of carbonyl (C=O) groups excluding carboxylic acids is 2. The molecule has 0 spiro atoms. The Labute approximate surface area is 210 Å². The standard InChI is InChI=1S/C20H12Cl4N4O2S2/c21-7-1-3-11(9(23)5-7)27-18(29)16-14(25)13-15(26)17(32-20(13)31-16)19(30)28-12-4-2-8(22)6-10(12)24/h1-6H,25-26H2,(H,27,29)(H,28,30). The number of nitrogen functional groups attached to an aromatic ring is 2. The number of nitrogens with one attached hydrogen (secondary N) is 2. The summed E-state index contributed by atoms with van der Waals surface area (Å²) in [5.41, 5.74) is 13.6. The number of carbonyl (C=O) groups is 2. The monoisotopic (exact) mass is 544 g/mol. The van der Waals surface area contributed by atoms with E-state index in [0.29, 0.717) is 40.9 Å². The number of anilines is 4. The zero-order valence-corrected chi connectivity index (χ0v) is 20.4. The van der Waals surface area contributed by atoms with Gasteiger partial charge >= 0.3 is 0 Å². The lowest BCUT2D eigenvalue weighted by molar-refractivity contribution is 0.102. The Kier molecular flexibility index (Phi) is 6.44. The molecule has 0 saturated carbocycles. The molecule has 0 aliphatic heterocycles. The largest absolute Gasteiger partial charge is 0.397 e. The molecule has 0 radical (unpaired) electrons. The maximum Gasteiger partial charge on any atom is 0.267 e. The van der Waals surface area contributed by atoms with Gasteiger partial charge < -0.3 is 22.1 Å². The highest BCUT2D eigenvalue weighted by molar-refractivity contribution is 7.40. The lowest BCUT2D eigenvalue weighted by atomic mass is 10.2. The fourth-order valence-corrected chi connectivity index (χ4v) is 6.19. The highest BCUT2D eigenvalue weighted by atomic mass is 35.5. The summed E-state index contributed by atoms with van der Waals surface area (Å²) in [4.78, 5) is 26.0. The molecule has 4 rings (SSSR count). The van der Waals surface area contributed by atoms with Crippen molar-refractivity contribution in [1.29, 1.82) is 0 Å². The van der Waals surface area contributed by atoms with E-state index in [9.17, 15) is 9.59 Å². The molecular formula is C20H12Cl4N4O2S2. The van der Waals surface area contributed by atoms with Gasteiger partial charge in [0.25, 0.3) is 11.8 Å². The molecule has 6 N–H and O–H groups in total. The van der Waals surface area contributed by atoms with Crippen molar-refractivity contribution in [2.45, 2.75) is 0 Å². The average molecular weight is 546 g/mol. The van der Waals surface area contributed by atoms with Crippen LogP contribution in [0.5, 0.6) is 0 Å². The minimum absolute atomic E-state index is 0.185. The van der Waals surface area contributed by atoms with Crippen molar-refractivity contribution in [3.05, 3.63) is 66.2 Å². The van der Waals surface area contributed by atoms with Gasteiger partial charge in [0.1, 0.15) is 9.75 Å². The topological polar surface area (TPSA) is 110 Å². The molecule has 2 aromatic carbocycles. The smallest absolute Gasteiger partial charge is 0.267 e. The highest BCUT2D eigenvalue weighted by Crippen LogP contribution is 2.45. The number of nitrogens with two attached hydrogens (primary N) is 2. The summed E-state index contributed by atoms with van der Waals surface area (Å²) in [5, 5.41) is 7.35. The summed E-state index contributed by atoms with van der Waals surface area (Å²) in [6.07, 6.45) is 0. The van der Waals surface area contributed by atoms with Crippen LogP contribution in [-0.2, 0) is 0 Å². The zero-order valence-electron chi connectivity index (χ0n) is 15.8. The van der Waals surface area contributed by atoms with Crippen LogP contribution in [0.4, 0.5) is 22.7 Å². The number of halogens is 4. The van der Waals surface area contributed by atoms with Crippen LogP contribution < -0.4 is 22.1 Å². The van der Waals surface area contributed by atoms with Gasteiger partial charge in [-0.1, -0.05) is 46.4 Å². The van der Waals surface area contributed by atoms with Crippen molar-refractivity contribution in [3.8, 4) is 0 Å². The number of hydrogen-bond donors (Lipinski definition) is 4. The molecule has 0 fully saturated rings. The van der Waals surface area contributed by atoms with Gasteiger partial charge in [0.05, 0.1) is 42.2 Å². The molecule has 6 nitrogen and oxygen atoms in total. The molecule has 12 heteroatoms. The number of benzene rings is 2. The van der Waals surface area contributed by atoms with Gasteiger partial charge in [0.15, 0.2) is 0 Å². The van der Waals surface area contributed by atoms with Gasteiger partial charge in [-0.05, 0) is 36.4 Å². The van der Waals surface area contributed by atoms with E-state index in [4.69, 9.17) is 57.9 Å². The normalized spacial score (nSPS) is 11.0. The first-order chi connectivity index (χ1) is 15.2. The molecule has 0 aliphatic rings. The fraction of sp³-hybridized carbons (Fsp3) is 0. The van der Waals surface area contributed by atoms with Crippen LogP contribution >= 0.6 is 69.1 Å². The second-order valence-electron chi connectivity index (χ2n) is 6.51. The van der Waals surface area contributed by atoms with Crippen molar-refractivity contribution in [3.63, 3.8) is 0 Å². The van der Waals surface area contributed by atoms with E-state index in [-0.39, 0.29) is 21.1 Å². The molecule has 164 valence electrons. The Balaban J connectivity index is 1.61. The van der Waals surface area contributed by atoms with E-state index in [1.807, 2.05) is 0 Å². The zero-order chi connectivity index (χ0) is 23.2. The van der Waals surface area contributed by atoms with Crippen LogP contribution in [0, 0.1) is 0 Å². The van der Waals surface area contributed by atoms with Crippen molar-refractivity contribution in [1.82, 2.24) is 0 Å². The number of amides is 2. The number of rotatable bonds is 4. The molecular weight excluding hydrogens is 534 g/mol. The van der Waals surface area contributed by atoms with Gasteiger partial charge in [-0.3, -0.25) is 9.59 Å². The first kappa shape index (κ1) is 23.0. The molecule has 0 saturated heterocycles. The van der Waals surface area contributed by atoms with Gasteiger partial charge in [-0.25, -0.2) is 0 Å². The first-order valence-corrected chi connectivity index (χ1v) is 11.9. The van der Waals surface area contributed by atoms with Gasteiger partial charge in [0.2, 0.25) is 0 Å². The third kappa shape index (κ3) is 4.34. The van der Waals surface area contributed by atoms with E-state index < -0.39 is 11.8 Å². The summed E-state index contributed by atoms with van der Waals surface area (Å²) < 4.78 is 0.639. The Morgan fingerprint density at radius 2 is 1.12 bits per heavy atom. The number of hydrogen-bond acceptors (Lipinski definition) is 6. The predicted octanol–water partition coefficient (Wildman–Crippen LogP) is 7.25. The lowest BCUT2D eigenvalue weighted by Gasteiger charge is -2.08. The van der Waals surface area contributed by atoms with Gasteiger partial charge in [0, 0.05) is 10.0 Å². The molecule has 2 aromatic heterocycles. The maximum absolute atomic E-state index is 12.8. The average Bonchev–Trinajstić information content (AvgIpc) is 3.23. The third-order valence-corrected chi connectivity index (χ3v) is 7.99. The molecule has 32 heavy (non-hydrogen) atoms. The van der Waals surface area contributed by atoms with Crippen LogP contribution in [0.25, 0.3) is 9.40 Å². The quantitative estimate of drug-likeness (QED) is 0.216. The summed E-state index contributed by atoms with van der Waals surface area (Å²) >= 11 is 26.3. The summed E-state index contributed by atoms with van der Waals surface area (Å²) in [6.45, 7) is 0. The van der Waals surface area contributed by atoms with Crippen LogP contribution in [0.2, 0.25) is 20.1 Å². The number of fused-ring (bicyclic) bond motifs is 1. The van der Waals surface area contributed by atoms with Crippen LogP contribution in [0.3, 0.4) is 0 Å². The highest BCUT2D eigenvalue weighted by Gasteiger charge is 2.25. The maximum atomic E-state index is 12.8. The Hall–Kier alpha value is -2.20. The Bertz CT molecular complexity index is 1300. The Morgan fingerprint density at radius 1 is 0.719 bits per heavy atom. The van der Waals surface area contributed by atoms with Crippen molar-refractivity contribution < 1.29 is 9.59 Å². The van der Waals surface area contributed by atoms with Crippen LogP contribution in [0.1, 0.15) is 19.3 Å². The molecule has 0 aliphatic carbocycles. The third-order valence-electron chi connectivity index (χ3n) is 4.39. The van der Waals surface area contributed by atoms with E-state index in [0.717, 1.165) is 22.7 Å². The molecule has 0 bridgehead atoms.